The van der Waals surface area contributed by atoms with Crippen LogP contribution in [-0.2, 0) is 6.54 Å². The SMILES string of the molecule is CC1(CNCc2csc(Br)c2)CCC1. The summed E-state index contributed by atoms with van der Waals surface area (Å²) in [5, 5.41) is 5.75. The Morgan fingerprint density at radius 3 is 2.86 bits per heavy atom. The van der Waals surface area contributed by atoms with Crippen LogP contribution in [0.3, 0.4) is 0 Å². The molecule has 1 nitrogen and oxygen atoms in total. The van der Waals surface area contributed by atoms with Gasteiger partial charge in [-0.1, -0.05) is 13.3 Å². The van der Waals surface area contributed by atoms with Crippen molar-refractivity contribution in [2.75, 3.05) is 6.54 Å². The Hall–Kier alpha value is 0.140. The topological polar surface area (TPSA) is 12.0 Å². The van der Waals surface area contributed by atoms with Gasteiger partial charge < -0.3 is 5.32 Å². The highest BCUT2D eigenvalue weighted by molar-refractivity contribution is 9.11. The fraction of sp³-hybridized carbons (Fsp3) is 0.636. The molecule has 0 radical (unpaired) electrons. The van der Waals surface area contributed by atoms with Gasteiger partial charge in [-0.05, 0) is 51.2 Å². The van der Waals surface area contributed by atoms with E-state index in [9.17, 15) is 0 Å². The summed E-state index contributed by atoms with van der Waals surface area (Å²) < 4.78 is 1.23. The van der Waals surface area contributed by atoms with Crippen molar-refractivity contribution in [3.63, 3.8) is 0 Å². The van der Waals surface area contributed by atoms with Gasteiger partial charge in [0, 0.05) is 13.1 Å². The summed E-state index contributed by atoms with van der Waals surface area (Å²) in [6.45, 7) is 4.56. The maximum absolute atomic E-state index is 3.54. The van der Waals surface area contributed by atoms with Crippen molar-refractivity contribution in [2.24, 2.45) is 5.41 Å². The van der Waals surface area contributed by atoms with E-state index in [1.54, 1.807) is 11.3 Å². The molecule has 1 saturated carbocycles. The highest BCUT2D eigenvalue weighted by Crippen LogP contribution is 2.39. The molecule has 1 N–H and O–H groups in total. The Labute approximate surface area is 98.0 Å². The van der Waals surface area contributed by atoms with Gasteiger partial charge in [0.1, 0.15) is 0 Å². The van der Waals surface area contributed by atoms with Crippen LogP contribution in [0.2, 0.25) is 0 Å². The molecule has 1 aliphatic carbocycles. The predicted molar refractivity (Wildman–Crippen MR) is 65.7 cm³/mol. The van der Waals surface area contributed by atoms with Gasteiger partial charge in [-0.25, -0.2) is 0 Å². The van der Waals surface area contributed by atoms with Crippen molar-refractivity contribution in [1.82, 2.24) is 5.32 Å². The standard InChI is InChI=1S/C11H16BrNS/c1-11(3-2-4-11)8-13-6-9-5-10(12)14-7-9/h5,7,13H,2-4,6,8H2,1H3. The second-order valence-corrected chi connectivity index (χ2v) is 6.82. The zero-order valence-electron chi connectivity index (χ0n) is 8.48. The molecule has 78 valence electrons. The number of nitrogens with one attached hydrogen (secondary N) is 1. The fourth-order valence-corrected chi connectivity index (χ4v) is 3.11. The zero-order valence-corrected chi connectivity index (χ0v) is 10.9. The molecule has 1 aromatic heterocycles. The molecule has 0 saturated heterocycles. The third kappa shape index (κ3) is 2.59. The molecule has 0 spiro atoms. The average molecular weight is 274 g/mol. The number of halogens is 1. The fourth-order valence-electron chi connectivity index (χ4n) is 1.90. The van der Waals surface area contributed by atoms with E-state index >= 15 is 0 Å². The van der Waals surface area contributed by atoms with Gasteiger partial charge in [-0.15, -0.1) is 11.3 Å². The van der Waals surface area contributed by atoms with Gasteiger partial charge in [0.2, 0.25) is 0 Å². The quantitative estimate of drug-likeness (QED) is 0.880. The molecular weight excluding hydrogens is 258 g/mol. The Kier molecular flexibility index (Phi) is 3.30. The maximum Gasteiger partial charge on any atom is 0.0701 e. The van der Waals surface area contributed by atoms with Gasteiger partial charge in [-0.2, -0.15) is 0 Å². The van der Waals surface area contributed by atoms with Gasteiger partial charge >= 0.3 is 0 Å². The summed E-state index contributed by atoms with van der Waals surface area (Å²) in [6.07, 6.45) is 4.21. The Morgan fingerprint density at radius 1 is 1.57 bits per heavy atom. The van der Waals surface area contributed by atoms with E-state index in [0.717, 1.165) is 6.54 Å². The lowest BCUT2D eigenvalue weighted by atomic mass is 9.70. The highest BCUT2D eigenvalue weighted by atomic mass is 79.9. The normalized spacial score (nSPS) is 19.3. The smallest absolute Gasteiger partial charge is 0.0701 e. The van der Waals surface area contributed by atoms with Crippen molar-refractivity contribution in [3.8, 4) is 0 Å². The molecule has 0 amide bonds. The van der Waals surface area contributed by atoms with Crippen LogP contribution in [0.25, 0.3) is 0 Å². The molecule has 1 heterocycles. The van der Waals surface area contributed by atoms with E-state index in [4.69, 9.17) is 0 Å². The van der Waals surface area contributed by atoms with Crippen molar-refractivity contribution < 1.29 is 0 Å². The molecule has 1 aliphatic rings. The van der Waals surface area contributed by atoms with E-state index in [1.807, 2.05) is 0 Å². The van der Waals surface area contributed by atoms with Crippen LogP contribution in [0.5, 0.6) is 0 Å². The summed E-state index contributed by atoms with van der Waals surface area (Å²) in [4.78, 5) is 0. The van der Waals surface area contributed by atoms with Crippen molar-refractivity contribution in [3.05, 3.63) is 20.8 Å². The van der Waals surface area contributed by atoms with Crippen LogP contribution in [0.4, 0.5) is 0 Å². The molecule has 1 fully saturated rings. The van der Waals surface area contributed by atoms with Crippen LogP contribution < -0.4 is 5.32 Å². The lowest BCUT2D eigenvalue weighted by Crippen LogP contribution is -2.36. The first kappa shape index (κ1) is 10.7. The van der Waals surface area contributed by atoms with Gasteiger partial charge in [0.05, 0.1) is 3.79 Å². The predicted octanol–water partition coefficient (Wildman–Crippen LogP) is 3.79. The molecular formula is C11H16BrNS. The van der Waals surface area contributed by atoms with Crippen molar-refractivity contribution in [2.45, 2.75) is 32.7 Å². The number of hydrogen-bond acceptors (Lipinski definition) is 2. The molecule has 14 heavy (non-hydrogen) atoms. The third-order valence-electron chi connectivity index (χ3n) is 3.06. The van der Waals surface area contributed by atoms with E-state index in [-0.39, 0.29) is 0 Å². The second kappa shape index (κ2) is 4.33. The first-order chi connectivity index (χ1) is 6.68. The number of rotatable bonds is 4. The largest absolute Gasteiger partial charge is 0.312 e. The Morgan fingerprint density at radius 2 is 2.36 bits per heavy atom. The molecule has 0 bridgehead atoms. The monoisotopic (exact) mass is 273 g/mol. The van der Waals surface area contributed by atoms with E-state index in [1.165, 1.54) is 35.2 Å². The van der Waals surface area contributed by atoms with Crippen LogP contribution in [0, 0.1) is 5.41 Å². The molecule has 1 aromatic rings. The molecule has 0 atom stereocenters. The summed E-state index contributed by atoms with van der Waals surface area (Å²) >= 11 is 5.24. The van der Waals surface area contributed by atoms with E-state index < -0.39 is 0 Å². The van der Waals surface area contributed by atoms with Crippen LogP contribution in [-0.4, -0.2) is 6.54 Å². The molecule has 0 aliphatic heterocycles. The Bertz CT molecular complexity index is 304. The molecule has 2 rings (SSSR count). The van der Waals surface area contributed by atoms with Crippen LogP contribution in [0.1, 0.15) is 31.7 Å². The zero-order chi connectivity index (χ0) is 10.0. The third-order valence-corrected chi connectivity index (χ3v) is 4.62. The lowest BCUT2D eigenvalue weighted by molar-refractivity contribution is 0.156. The summed E-state index contributed by atoms with van der Waals surface area (Å²) in [6, 6.07) is 2.20. The van der Waals surface area contributed by atoms with Crippen LogP contribution >= 0.6 is 27.3 Å². The van der Waals surface area contributed by atoms with Crippen molar-refractivity contribution in [1.29, 1.82) is 0 Å². The minimum Gasteiger partial charge on any atom is -0.312 e. The summed E-state index contributed by atoms with van der Waals surface area (Å²) in [5.41, 5.74) is 1.98. The highest BCUT2D eigenvalue weighted by Gasteiger charge is 2.30. The minimum atomic E-state index is 0.591. The number of hydrogen-bond donors (Lipinski definition) is 1. The average Bonchev–Trinajstić information content (AvgIpc) is 2.49. The van der Waals surface area contributed by atoms with Crippen LogP contribution in [0.15, 0.2) is 15.2 Å². The van der Waals surface area contributed by atoms with E-state index in [2.05, 4.69) is 39.6 Å². The first-order valence-corrected chi connectivity index (χ1v) is 6.79. The lowest BCUT2D eigenvalue weighted by Gasteiger charge is -2.38. The minimum absolute atomic E-state index is 0.591. The molecule has 0 unspecified atom stereocenters. The maximum atomic E-state index is 3.54. The van der Waals surface area contributed by atoms with Gasteiger partial charge in [-0.3, -0.25) is 0 Å². The number of thiophene rings is 1. The van der Waals surface area contributed by atoms with Gasteiger partial charge in [0.25, 0.3) is 0 Å². The summed E-state index contributed by atoms with van der Waals surface area (Å²) in [5.74, 6) is 0. The molecule has 3 heteroatoms. The summed E-state index contributed by atoms with van der Waals surface area (Å²) in [7, 11) is 0. The first-order valence-electron chi connectivity index (χ1n) is 5.12. The van der Waals surface area contributed by atoms with Crippen molar-refractivity contribution >= 4 is 27.3 Å². The van der Waals surface area contributed by atoms with Gasteiger partial charge in [0.15, 0.2) is 0 Å². The molecule has 0 aromatic carbocycles. The van der Waals surface area contributed by atoms with E-state index in [0.29, 0.717) is 5.41 Å². The second-order valence-electron chi connectivity index (χ2n) is 4.53. The Balaban J connectivity index is 1.72.